The molecule has 1 saturated heterocycles. The first-order valence-corrected chi connectivity index (χ1v) is 16.0. The standard InChI is InChI=1S/C24H39BO4P2Si/c1-24(2,3)32(4,5)29-18(12-11-17-9-7-6-8-10-17)13-14-19-20-15-23(26)27-21(20)16-22(19)28-25(30)31/h6-10,13-14,18-22H,11-12,15-16,30-31H2,1-5H3/b14-13+/t18-,19-,20-,21+,22-/m1/s1. The van der Waals surface area contributed by atoms with Crippen molar-refractivity contribution >= 4 is 38.9 Å². The van der Waals surface area contributed by atoms with E-state index in [1.807, 2.05) is 0 Å². The molecule has 32 heavy (non-hydrogen) atoms. The lowest BCUT2D eigenvalue weighted by molar-refractivity contribution is -0.141. The summed E-state index contributed by atoms with van der Waals surface area (Å²) in [5, 5.41) is 0.147. The second-order valence-electron chi connectivity index (χ2n) is 10.7. The van der Waals surface area contributed by atoms with Gasteiger partial charge in [0.25, 0.3) is 0 Å². The lowest BCUT2D eigenvalue weighted by atomic mass is 9.91. The smallest absolute Gasteiger partial charge is 0.336 e. The Morgan fingerprint density at radius 3 is 2.56 bits per heavy atom. The molecule has 1 heterocycles. The van der Waals surface area contributed by atoms with Crippen molar-refractivity contribution in [2.24, 2.45) is 11.8 Å². The molecule has 0 bridgehead atoms. The van der Waals surface area contributed by atoms with Crippen LogP contribution in [-0.4, -0.2) is 39.0 Å². The van der Waals surface area contributed by atoms with Crippen LogP contribution < -0.4 is 0 Å². The Balaban J connectivity index is 1.78. The van der Waals surface area contributed by atoms with E-state index in [0.29, 0.717) is 6.42 Å². The van der Waals surface area contributed by atoms with Crippen LogP contribution in [0.2, 0.25) is 18.1 Å². The SMILES string of the molecule is CC(C)(C)[Si](C)(C)O[C@@H](/C=C/[C@@H]1[C@H]2CC(=O)O[C@H]2C[C@H]1OB(P)P)CCc1ccccc1. The van der Waals surface area contributed by atoms with Gasteiger partial charge in [0.1, 0.15) is 6.10 Å². The first-order chi connectivity index (χ1) is 15.0. The zero-order valence-corrected chi connectivity index (χ0v) is 23.4. The Hall–Kier alpha value is -0.508. The molecule has 3 rings (SSSR count). The predicted octanol–water partition coefficient (Wildman–Crippen LogP) is 5.64. The molecule has 7 atom stereocenters. The Morgan fingerprint density at radius 2 is 1.94 bits per heavy atom. The van der Waals surface area contributed by atoms with Gasteiger partial charge in [-0.2, -0.15) is 0 Å². The number of carbonyl (C=O) groups is 1. The van der Waals surface area contributed by atoms with Gasteiger partial charge in [-0.25, -0.2) is 0 Å². The molecule has 2 fully saturated rings. The number of ether oxygens (including phenoxy) is 1. The zero-order valence-electron chi connectivity index (χ0n) is 20.1. The molecule has 1 aliphatic carbocycles. The molecule has 0 amide bonds. The number of carbonyl (C=O) groups excluding carboxylic acids is 1. The van der Waals surface area contributed by atoms with Gasteiger partial charge in [0.2, 0.25) is 0 Å². The van der Waals surface area contributed by atoms with Crippen molar-refractivity contribution in [2.45, 2.75) is 82.9 Å². The molecule has 4 nitrogen and oxygen atoms in total. The number of aryl methyl sites for hydroxylation is 1. The van der Waals surface area contributed by atoms with Crippen LogP contribution in [0.5, 0.6) is 0 Å². The minimum Gasteiger partial charge on any atom is -0.462 e. The molecule has 176 valence electrons. The van der Waals surface area contributed by atoms with Crippen LogP contribution >= 0.6 is 18.2 Å². The third-order valence-electron chi connectivity index (χ3n) is 7.24. The molecule has 1 aromatic carbocycles. The third-order valence-corrected chi connectivity index (χ3v) is 12.1. The highest BCUT2D eigenvalue weighted by Gasteiger charge is 2.49. The van der Waals surface area contributed by atoms with Crippen LogP contribution in [0, 0.1) is 11.8 Å². The van der Waals surface area contributed by atoms with Crippen molar-refractivity contribution < 1.29 is 18.6 Å². The first-order valence-electron chi connectivity index (χ1n) is 11.7. The summed E-state index contributed by atoms with van der Waals surface area (Å²) in [7, 11) is 3.43. The molecule has 2 aliphatic rings. The Morgan fingerprint density at radius 1 is 1.25 bits per heavy atom. The van der Waals surface area contributed by atoms with E-state index in [1.165, 1.54) is 5.56 Å². The summed E-state index contributed by atoms with van der Waals surface area (Å²) in [6, 6.07) is 10.6. The van der Waals surface area contributed by atoms with Gasteiger partial charge >= 0.3 is 12.3 Å². The highest BCUT2D eigenvalue weighted by atomic mass is 31.1. The predicted molar refractivity (Wildman–Crippen MR) is 142 cm³/mol. The van der Waals surface area contributed by atoms with Crippen LogP contribution in [-0.2, 0) is 25.0 Å². The number of fused-ring (bicyclic) bond motifs is 1. The molecular weight excluding hydrogens is 453 g/mol. The van der Waals surface area contributed by atoms with Crippen molar-refractivity contribution in [1.82, 2.24) is 0 Å². The van der Waals surface area contributed by atoms with Gasteiger partial charge < -0.3 is 13.8 Å². The largest absolute Gasteiger partial charge is 0.462 e. The van der Waals surface area contributed by atoms with E-state index in [4.69, 9.17) is 13.8 Å². The van der Waals surface area contributed by atoms with Crippen molar-refractivity contribution in [2.75, 3.05) is 0 Å². The second-order valence-corrected chi connectivity index (χ2v) is 17.5. The fourth-order valence-electron chi connectivity index (χ4n) is 4.47. The van der Waals surface area contributed by atoms with Crippen LogP contribution in [0.1, 0.15) is 45.6 Å². The molecule has 0 spiro atoms. The van der Waals surface area contributed by atoms with E-state index in [1.54, 1.807) is 0 Å². The van der Waals surface area contributed by atoms with E-state index in [0.717, 1.165) is 19.3 Å². The summed E-state index contributed by atoms with van der Waals surface area (Å²) < 4.78 is 18.6. The summed E-state index contributed by atoms with van der Waals surface area (Å²) >= 11 is 0. The van der Waals surface area contributed by atoms with Gasteiger partial charge in [-0.3, -0.25) is 4.79 Å². The van der Waals surface area contributed by atoms with E-state index in [-0.39, 0.29) is 47.5 Å². The van der Waals surface area contributed by atoms with Crippen molar-refractivity contribution in [3.05, 3.63) is 48.0 Å². The van der Waals surface area contributed by atoms with Crippen LogP contribution in [0.15, 0.2) is 42.5 Å². The number of rotatable bonds is 9. The number of esters is 1. The summed E-state index contributed by atoms with van der Waals surface area (Å²) in [4.78, 5) is 11.9. The maximum atomic E-state index is 11.9. The van der Waals surface area contributed by atoms with Gasteiger partial charge in [0.05, 0.1) is 18.6 Å². The average Bonchev–Trinajstić information content (AvgIpc) is 3.19. The lowest BCUT2D eigenvalue weighted by Gasteiger charge is -2.39. The molecule has 1 saturated carbocycles. The maximum absolute atomic E-state index is 11.9. The monoisotopic (exact) mass is 492 g/mol. The van der Waals surface area contributed by atoms with Gasteiger partial charge in [-0.1, -0.05) is 63.3 Å². The van der Waals surface area contributed by atoms with Gasteiger partial charge in [0, 0.05) is 18.3 Å². The first kappa shape index (κ1) is 26.1. The van der Waals surface area contributed by atoms with Crippen molar-refractivity contribution in [3.8, 4) is 0 Å². The molecule has 1 aliphatic heterocycles. The van der Waals surface area contributed by atoms with Crippen LogP contribution in [0.3, 0.4) is 0 Å². The number of hydrogen-bond acceptors (Lipinski definition) is 4. The number of hydrogen-bond donors (Lipinski definition) is 0. The molecule has 0 radical (unpaired) electrons. The van der Waals surface area contributed by atoms with Crippen molar-refractivity contribution in [1.29, 1.82) is 0 Å². The van der Waals surface area contributed by atoms with E-state index >= 15 is 0 Å². The third kappa shape index (κ3) is 6.76. The molecular formula is C24H39BO4P2Si. The summed E-state index contributed by atoms with van der Waals surface area (Å²) in [5.74, 6) is 0.278. The van der Waals surface area contributed by atoms with E-state index in [2.05, 4.69) is 94.6 Å². The van der Waals surface area contributed by atoms with E-state index < -0.39 is 8.32 Å². The van der Waals surface area contributed by atoms with Crippen molar-refractivity contribution in [3.63, 3.8) is 0 Å². The van der Waals surface area contributed by atoms with Crippen LogP contribution in [0.25, 0.3) is 0 Å². The second kappa shape index (κ2) is 10.8. The lowest BCUT2D eigenvalue weighted by Crippen LogP contribution is -2.43. The Bertz CT molecular complexity index is 797. The van der Waals surface area contributed by atoms with Gasteiger partial charge in [0.15, 0.2) is 8.32 Å². The Labute approximate surface area is 200 Å². The minimum absolute atomic E-state index is 0.0113. The maximum Gasteiger partial charge on any atom is 0.336 e. The fourth-order valence-corrected chi connectivity index (χ4v) is 6.18. The highest BCUT2D eigenvalue weighted by Crippen LogP contribution is 2.44. The molecule has 0 aromatic heterocycles. The quantitative estimate of drug-likeness (QED) is 0.194. The van der Waals surface area contributed by atoms with Gasteiger partial charge in [-0.05, 0) is 36.5 Å². The molecule has 2 unspecified atom stereocenters. The normalized spacial score (nSPS) is 26.9. The Kier molecular flexibility index (Phi) is 8.83. The average molecular weight is 492 g/mol. The zero-order chi connectivity index (χ0) is 23.5. The fraction of sp³-hybridized carbons (Fsp3) is 0.625. The van der Waals surface area contributed by atoms with Crippen LogP contribution in [0.4, 0.5) is 0 Å². The number of benzene rings is 1. The topological polar surface area (TPSA) is 44.8 Å². The highest BCUT2D eigenvalue weighted by molar-refractivity contribution is 7.92. The minimum atomic E-state index is -1.93. The van der Waals surface area contributed by atoms with E-state index in [9.17, 15) is 4.79 Å². The summed E-state index contributed by atoms with van der Waals surface area (Å²) in [6.07, 6.45) is 7.72. The summed E-state index contributed by atoms with van der Waals surface area (Å²) in [6.45, 7) is 11.5. The molecule has 8 heteroatoms. The summed E-state index contributed by atoms with van der Waals surface area (Å²) in [5.41, 5.74) is 1.33. The molecule has 0 N–H and O–H groups in total. The molecule has 1 aromatic rings. The van der Waals surface area contributed by atoms with Gasteiger partial charge in [-0.15, -0.1) is 18.2 Å².